The first-order valence-electron chi connectivity index (χ1n) is 6.54. The first-order chi connectivity index (χ1) is 10.0. The number of phenolic OH excluding ortho intramolecular Hbond substituents is 1. The van der Waals surface area contributed by atoms with Gasteiger partial charge in [-0.3, -0.25) is 4.79 Å². The molecule has 0 aromatic heterocycles. The van der Waals surface area contributed by atoms with Crippen LogP contribution in [0.5, 0.6) is 11.5 Å². The van der Waals surface area contributed by atoms with Crippen LogP contribution >= 0.6 is 0 Å². The molecule has 4 nitrogen and oxygen atoms in total. The van der Waals surface area contributed by atoms with Gasteiger partial charge in [0.2, 0.25) is 0 Å². The fraction of sp³-hybridized carbons (Fsp3) is 0.188. The van der Waals surface area contributed by atoms with Gasteiger partial charge in [-0.25, -0.2) is 4.39 Å². The van der Waals surface area contributed by atoms with Gasteiger partial charge in [-0.1, -0.05) is 0 Å². The fourth-order valence-corrected chi connectivity index (χ4v) is 1.95. The molecular formula is C16H16FNO3. The fourth-order valence-electron chi connectivity index (χ4n) is 1.95. The third-order valence-electron chi connectivity index (χ3n) is 2.94. The van der Waals surface area contributed by atoms with Gasteiger partial charge in [0.25, 0.3) is 5.91 Å². The molecule has 0 aliphatic heterocycles. The minimum Gasteiger partial charge on any atom is -0.508 e. The van der Waals surface area contributed by atoms with E-state index < -0.39 is 5.82 Å². The van der Waals surface area contributed by atoms with E-state index in [1.54, 1.807) is 19.9 Å². The lowest BCUT2D eigenvalue weighted by atomic mass is 10.1. The van der Waals surface area contributed by atoms with Crippen LogP contribution < -0.4 is 10.1 Å². The molecule has 2 aromatic rings. The van der Waals surface area contributed by atoms with Crippen LogP contribution in [0.1, 0.15) is 22.8 Å². The Morgan fingerprint density at radius 3 is 2.67 bits per heavy atom. The van der Waals surface area contributed by atoms with Crippen molar-refractivity contribution in [3.8, 4) is 11.5 Å². The molecule has 0 aliphatic carbocycles. The summed E-state index contributed by atoms with van der Waals surface area (Å²) < 4.78 is 18.8. The zero-order valence-corrected chi connectivity index (χ0v) is 11.8. The molecular weight excluding hydrogens is 273 g/mol. The van der Waals surface area contributed by atoms with E-state index >= 15 is 0 Å². The summed E-state index contributed by atoms with van der Waals surface area (Å²) in [7, 11) is 0. The maximum absolute atomic E-state index is 13.7. The molecule has 0 spiro atoms. The smallest absolute Gasteiger partial charge is 0.255 e. The molecule has 1 amide bonds. The molecule has 5 heteroatoms. The van der Waals surface area contributed by atoms with Crippen LogP contribution in [0.15, 0.2) is 36.4 Å². The van der Waals surface area contributed by atoms with E-state index in [2.05, 4.69) is 5.32 Å². The van der Waals surface area contributed by atoms with Gasteiger partial charge in [0.1, 0.15) is 5.75 Å². The van der Waals surface area contributed by atoms with Crippen molar-refractivity contribution < 1.29 is 19.0 Å². The minimum atomic E-state index is -0.530. The molecule has 0 saturated heterocycles. The number of hydrogen-bond acceptors (Lipinski definition) is 3. The van der Waals surface area contributed by atoms with E-state index in [9.17, 15) is 14.3 Å². The Balaban J connectivity index is 2.17. The first-order valence-corrected chi connectivity index (χ1v) is 6.54. The van der Waals surface area contributed by atoms with Gasteiger partial charge in [0.05, 0.1) is 6.61 Å². The highest BCUT2D eigenvalue weighted by Gasteiger charge is 2.11. The molecule has 0 fully saturated rings. The number of amides is 1. The third kappa shape index (κ3) is 3.51. The number of carbonyl (C=O) groups is 1. The Bertz CT molecular complexity index is 671. The van der Waals surface area contributed by atoms with Gasteiger partial charge in [0.15, 0.2) is 11.6 Å². The molecule has 110 valence electrons. The lowest BCUT2D eigenvalue weighted by Crippen LogP contribution is -2.13. The van der Waals surface area contributed by atoms with Crippen LogP contribution in [-0.2, 0) is 0 Å². The van der Waals surface area contributed by atoms with Gasteiger partial charge in [0, 0.05) is 17.3 Å². The summed E-state index contributed by atoms with van der Waals surface area (Å²) in [5, 5.41) is 11.9. The monoisotopic (exact) mass is 289 g/mol. The van der Waals surface area contributed by atoms with Crippen LogP contribution in [0.2, 0.25) is 0 Å². The summed E-state index contributed by atoms with van der Waals surface area (Å²) in [5.74, 6) is -0.652. The number of nitrogens with one attached hydrogen (secondary N) is 1. The van der Waals surface area contributed by atoms with Crippen LogP contribution in [0.25, 0.3) is 0 Å². The number of aryl methyl sites for hydroxylation is 1. The number of ether oxygens (including phenoxy) is 1. The second-order valence-corrected chi connectivity index (χ2v) is 4.53. The van der Waals surface area contributed by atoms with Crippen molar-refractivity contribution in [2.24, 2.45) is 0 Å². The summed E-state index contributed by atoms with van der Waals surface area (Å²) in [6.45, 7) is 3.85. The zero-order valence-electron chi connectivity index (χ0n) is 11.8. The van der Waals surface area contributed by atoms with E-state index in [4.69, 9.17) is 4.74 Å². The van der Waals surface area contributed by atoms with Gasteiger partial charge >= 0.3 is 0 Å². The summed E-state index contributed by atoms with van der Waals surface area (Å²) in [5.41, 5.74) is 1.40. The summed E-state index contributed by atoms with van der Waals surface area (Å²) in [4.78, 5) is 12.1. The highest BCUT2D eigenvalue weighted by molar-refractivity contribution is 6.05. The Morgan fingerprint density at radius 1 is 1.29 bits per heavy atom. The van der Waals surface area contributed by atoms with Gasteiger partial charge in [-0.15, -0.1) is 0 Å². The van der Waals surface area contributed by atoms with Gasteiger partial charge in [-0.05, 0) is 49.7 Å². The average Bonchev–Trinajstić information content (AvgIpc) is 2.41. The molecule has 0 heterocycles. The molecule has 0 atom stereocenters. The number of halogens is 1. The highest BCUT2D eigenvalue weighted by atomic mass is 19.1. The summed E-state index contributed by atoms with van der Waals surface area (Å²) in [6, 6.07) is 8.69. The maximum atomic E-state index is 13.7. The largest absolute Gasteiger partial charge is 0.508 e. The van der Waals surface area contributed by atoms with Crippen LogP contribution in [-0.4, -0.2) is 17.6 Å². The molecule has 2 aromatic carbocycles. The normalized spacial score (nSPS) is 10.2. The van der Waals surface area contributed by atoms with E-state index in [1.807, 2.05) is 0 Å². The Morgan fingerprint density at radius 2 is 2.05 bits per heavy atom. The minimum absolute atomic E-state index is 0.0937. The van der Waals surface area contributed by atoms with Crippen molar-refractivity contribution in [1.29, 1.82) is 0 Å². The van der Waals surface area contributed by atoms with E-state index in [-0.39, 0.29) is 17.4 Å². The summed E-state index contributed by atoms with van der Waals surface area (Å²) in [6.07, 6.45) is 0. The quantitative estimate of drug-likeness (QED) is 0.905. The highest BCUT2D eigenvalue weighted by Crippen LogP contribution is 2.22. The van der Waals surface area contributed by atoms with E-state index in [1.165, 1.54) is 30.3 Å². The zero-order chi connectivity index (χ0) is 15.4. The van der Waals surface area contributed by atoms with Crippen LogP contribution in [0.4, 0.5) is 10.1 Å². The summed E-state index contributed by atoms with van der Waals surface area (Å²) >= 11 is 0. The molecule has 0 bridgehead atoms. The number of phenols is 1. The lowest BCUT2D eigenvalue weighted by Gasteiger charge is -2.10. The number of anilines is 1. The van der Waals surface area contributed by atoms with Crippen molar-refractivity contribution in [2.45, 2.75) is 13.8 Å². The third-order valence-corrected chi connectivity index (χ3v) is 2.94. The van der Waals surface area contributed by atoms with Crippen molar-refractivity contribution in [3.05, 3.63) is 53.3 Å². The number of aromatic hydroxyl groups is 1. The number of hydrogen-bond donors (Lipinski definition) is 2. The van der Waals surface area contributed by atoms with Crippen molar-refractivity contribution in [1.82, 2.24) is 0 Å². The molecule has 2 rings (SSSR count). The molecule has 0 unspecified atom stereocenters. The Labute approximate surface area is 122 Å². The van der Waals surface area contributed by atoms with Crippen molar-refractivity contribution >= 4 is 11.6 Å². The van der Waals surface area contributed by atoms with E-state index in [0.29, 0.717) is 23.4 Å². The maximum Gasteiger partial charge on any atom is 0.255 e. The number of benzene rings is 2. The number of carbonyl (C=O) groups excluding carboxylic acids is 1. The molecule has 2 N–H and O–H groups in total. The molecule has 21 heavy (non-hydrogen) atoms. The van der Waals surface area contributed by atoms with Gasteiger partial charge in [-0.2, -0.15) is 0 Å². The lowest BCUT2D eigenvalue weighted by molar-refractivity contribution is 0.102. The molecule has 0 radical (unpaired) electrons. The number of rotatable bonds is 4. The standard InChI is InChI=1S/C16H16FNO3/c1-3-21-15-7-4-11(9-14(15)17)18-16(20)13-6-5-12(19)8-10(13)2/h4-9,19H,3H2,1-2H3,(H,18,20). The van der Waals surface area contributed by atoms with E-state index in [0.717, 1.165) is 0 Å². The van der Waals surface area contributed by atoms with Gasteiger partial charge < -0.3 is 15.2 Å². The first kappa shape index (κ1) is 14.8. The predicted octanol–water partition coefficient (Wildman–Crippen LogP) is 3.49. The average molecular weight is 289 g/mol. The Hall–Kier alpha value is -2.56. The van der Waals surface area contributed by atoms with Crippen LogP contribution in [0.3, 0.4) is 0 Å². The van der Waals surface area contributed by atoms with Crippen LogP contribution in [0, 0.1) is 12.7 Å². The predicted molar refractivity (Wildman–Crippen MR) is 78.4 cm³/mol. The second kappa shape index (κ2) is 6.26. The molecule has 0 aliphatic rings. The second-order valence-electron chi connectivity index (χ2n) is 4.53. The van der Waals surface area contributed by atoms with Crippen molar-refractivity contribution in [2.75, 3.05) is 11.9 Å². The SMILES string of the molecule is CCOc1ccc(NC(=O)c2ccc(O)cc2C)cc1F. The molecule has 0 saturated carbocycles. The topological polar surface area (TPSA) is 58.6 Å². The Kier molecular flexibility index (Phi) is 4.42. The van der Waals surface area contributed by atoms with Crippen molar-refractivity contribution in [3.63, 3.8) is 0 Å².